The van der Waals surface area contributed by atoms with Gasteiger partial charge < -0.3 is 10.2 Å². The second-order valence-electron chi connectivity index (χ2n) is 5.61. The molecule has 2 aliphatic heterocycles. The fraction of sp³-hybridized carbons (Fsp3) is 0.600. The van der Waals surface area contributed by atoms with Gasteiger partial charge in [-0.3, -0.25) is 0 Å². The highest BCUT2D eigenvalue weighted by molar-refractivity contribution is 9.10. The van der Waals surface area contributed by atoms with Crippen LogP contribution in [-0.4, -0.2) is 24.7 Å². The maximum Gasteiger partial charge on any atom is 0.0530 e. The smallest absolute Gasteiger partial charge is 0.0530 e. The normalized spacial score (nSPS) is 29.8. The number of nitrogens with one attached hydrogen (secondary N) is 1. The molecule has 0 spiro atoms. The summed E-state index contributed by atoms with van der Waals surface area (Å²) in [6.45, 7) is 3.27. The molecule has 2 atom stereocenters. The van der Waals surface area contributed by atoms with Crippen molar-refractivity contribution in [3.63, 3.8) is 0 Å². The van der Waals surface area contributed by atoms with Gasteiger partial charge in [0, 0.05) is 27.6 Å². The van der Waals surface area contributed by atoms with Gasteiger partial charge >= 0.3 is 0 Å². The summed E-state index contributed by atoms with van der Waals surface area (Å²) in [6.07, 6.45) is 5.13. The molecule has 1 aromatic carbocycles. The zero-order valence-electron chi connectivity index (χ0n) is 11.2. The van der Waals surface area contributed by atoms with E-state index in [-0.39, 0.29) is 0 Å². The minimum absolute atomic E-state index is 0.664. The van der Waals surface area contributed by atoms with E-state index in [0.717, 1.165) is 16.0 Å². The molecule has 0 aliphatic carbocycles. The highest BCUT2D eigenvalue weighted by Crippen LogP contribution is 2.42. The molecule has 4 heteroatoms. The molecule has 0 radical (unpaired) electrons. The number of fused-ring (bicyclic) bond motifs is 2. The number of nitrogens with zero attached hydrogens (tertiary/aromatic N) is 1. The van der Waals surface area contributed by atoms with Gasteiger partial charge in [0.1, 0.15) is 0 Å². The van der Waals surface area contributed by atoms with Crippen molar-refractivity contribution >= 4 is 33.2 Å². The van der Waals surface area contributed by atoms with E-state index in [1.54, 1.807) is 0 Å². The Bertz CT molecular complexity index is 451. The summed E-state index contributed by atoms with van der Waals surface area (Å²) in [6, 6.07) is 8.13. The van der Waals surface area contributed by atoms with Crippen molar-refractivity contribution in [2.75, 3.05) is 11.4 Å². The van der Waals surface area contributed by atoms with Gasteiger partial charge in [0.15, 0.2) is 0 Å². The van der Waals surface area contributed by atoms with Crippen molar-refractivity contribution in [3.8, 4) is 0 Å². The number of rotatable bonds is 3. The van der Waals surface area contributed by atoms with E-state index in [4.69, 9.17) is 11.6 Å². The standard InChI is InChI=1S/C15H20BrClN2/c1-2-18-11-8-12-4-5-13(9-11)19(12)15-7-10(17)3-6-14(15)16/h3,6-7,11-13,18H,2,4-5,8-9H2,1H3. The molecular weight excluding hydrogens is 324 g/mol. The summed E-state index contributed by atoms with van der Waals surface area (Å²) < 4.78 is 1.16. The third-order valence-corrected chi connectivity index (χ3v) is 5.32. The van der Waals surface area contributed by atoms with Crippen LogP contribution < -0.4 is 10.2 Å². The lowest BCUT2D eigenvalue weighted by molar-refractivity contribution is 0.361. The summed E-state index contributed by atoms with van der Waals surface area (Å²) in [7, 11) is 0. The molecule has 2 unspecified atom stereocenters. The Kier molecular flexibility index (Phi) is 4.06. The summed E-state index contributed by atoms with van der Waals surface area (Å²) in [5, 5.41) is 4.44. The summed E-state index contributed by atoms with van der Waals surface area (Å²) >= 11 is 9.85. The van der Waals surface area contributed by atoms with Crippen LogP contribution >= 0.6 is 27.5 Å². The Labute approximate surface area is 128 Å². The molecule has 104 valence electrons. The van der Waals surface area contributed by atoms with Gasteiger partial charge in [0.05, 0.1) is 5.69 Å². The average Bonchev–Trinajstić information content (AvgIpc) is 2.64. The molecule has 2 nitrogen and oxygen atoms in total. The number of anilines is 1. The number of benzene rings is 1. The SMILES string of the molecule is CCNC1CC2CCC(C1)N2c1cc(Cl)ccc1Br. The predicted molar refractivity (Wildman–Crippen MR) is 85.1 cm³/mol. The highest BCUT2D eigenvalue weighted by Gasteiger charge is 2.41. The summed E-state index contributed by atoms with van der Waals surface area (Å²) in [4.78, 5) is 2.60. The topological polar surface area (TPSA) is 15.3 Å². The maximum absolute atomic E-state index is 6.17. The van der Waals surface area contributed by atoms with E-state index in [1.807, 2.05) is 6.07 Å². The first-order valence-corrected chi connectivity index (χ1v) is 8.33. The van der Waals surface area contributed by atoms with Crippen molar-refractivity contribution in [3.05, 3.63) is 27.7 Å². The van der Waals surface area contributed by atoms with Gasteiger partial charge in [-0.2, -0.15) is 0 Å². The number of hydrogen-bond donors (Lipinski definition) is 1. The molecule has 0 saturated carbocycles. The molecule has 2 aliphatic rings. The molecule has 3 rings (SSSR count). The molecule has 2 bridgehead atoms. The largest absolute Gasteiger partial charge is 0.364 e. The lowest BCUT2D eigenvalue weighted by Crippen LogP contribution is -2.49. The second kappa shape index (κ2) is 5.63. The first-order chi connectivity index (χ1) is 9.19. The van der Waals surface area contributed by atoms with E-state index in [1.165, 1.54) is 31.4 Å². The monoisotopic (exact) mass is 342 g/mol. The summed E-state index contributed by atoms with van der Waals surface area (Å²) in [5.41, 5.74) is 1.27. The Morgan fingerprint density at radius 1 is 1.32 bits per heavy atom. The Morgan fingerprint density at radius 3 is 2.63 bits per heavy atom. The molecule has 0 aromatic heterocycles. The lowest BCUT2D eigenvalue weighted by Gasteiger charge is -2.41. The Morgan fingerprint density at radius 2 is 2.00 bits per heavy atom. The minimum Gasteiger partial charge on any atom is -0.364 e. The lowest BCUT2D eigenvalue weighted by atomic mass is 9.96. The van der Waals surface area contributed by atoms with Gasteiger partial charge in [-0.05, 0) is 66.4 Å². The zero-order valence-corrected chi connectivity index (χ0v) is 13.5. The van der Waals surface area contributed by atoms with Crippen LogP contribution in [0.1, 0.15) is 32.6 Å². The zero-order chi connectivity index (χ0) is 13.4. The van der Waals surface area contributed by atoms with Crippen LogP contribution in [0, 0.1) is 0 Å². The third-order valence-electron chi connectivity index (χ3n) is 4.41. The molecule has 19 heavy (non-hydrogen) atoms. The Balaban J connectivity index is 1.85. The maximum atomic E-state index is 6.17. The van der Waals surface area contributed by atoms with Crippen molar-refractivity contribution in [2.45, 2.75) is 50.7 Å². The van der Waals surface area contributed by atoms with Crippen LogP contribution in [0.3, 0.4) is 0 Å². The van der Waals surface area contributed by atoms with Crippen LogP contribution in [0.2, 0.25) is 5.02 Å². The van der Waals surface area contributed by atoms with E-state index in [2.05, 4.69) is 45.2 Å². The van der Waals surface area contributed by atoms with Crippen LogP contribution in [0.5, 0.6) is 0 Å². The quantitative estimate of drug-likeness (QED) is 0.884. The van der Waals surface area contributed by atoms with Crippen LogP contribution in [0.25, 0.3) is 0 Å². The van der Waals surface area contributed by atoms with Crippen molar-refractivity contribution in [1.29, 1.82) is 0 Å². The molecule has 2 saturated heterocycles. The predicted octanol–water partition coefficient (Wildman–Crippen LogP) is 4.21. The number of piperidine rings is 1. The van der Waals surface area contributed by atoms with Crippen LogP contribution in [0.4, 0.5) is 5.69 Å². The van der Waals surface area contributed by atoms with Gasteiger partial charge in [-0.15, -0.1) is 0 Å². The van der Waals surface area contributed by atoms with E-state index in [9.17, 15) is 0 Å². The highest BCUT2D eigenvalue weighted by atomic mass is 79.9. The van der Waals surface area contributed by atoms with Crippen molar-refractivity contribution < 1.29 is 0 Å². The number of halogens is 2. The van der Waals surface area contributed by atoms with E-state index < -0.39 is 0 Å². The first-order valence-electron chi connectivity index (χ1n) is 7.15. The van der Waals surface area contributed by atoms with Gasteiger partial charge in [-0.25, -0.2) is 0 Å². The molecule has 1 aromatic rings. The second-order valence-corrected chi connectivity index (χ2v) is 6.90. The summed E-state index contributed by atoms with van der Waals surface area (Å²) in [5.74, 6) is 0. The molecule has 2 fully saturated rings. The molecule has 0 amide bonds. The fourth-order valence-corrected chi connectivity index (χ4v) is 4.33. The van der Waals surface area contributed by atoms with E-state index in [0.29, 0.717) is 18.1 Å². The Hall–Kier alpha value is -0.250. The van der Waals surface area contributed by atoms with Crippen LogP contribution in [0.15, 0.2) is 22.7 Å². The van der Waals surface area contributed by atoms with E-state index >= 15 is 0 Å². The van der Waals surface area contributed by atoms with Crippen molar-refractivity contribution in [1.82, 2.24) is 5.32 Å². The van der Waals surface area contributed by atoms with Gasteiger partial charge in [0.25, 0.3) is 0 Å². The van der Waals surface area contributed by atoms with Crippen molar-refractivity contribution in [2.24, 2.45) is 0 Å². The third kappa shape index (κ3) is 2.65. The number of hydrogen-bond acceptors (Lipinski definition) is 2. The molecule has 1 N–H and O–H groups in total. The first kappa shape index (κ1) is 13.7. The average molecular weight is 344 g/mol. The fourth-order valence-electron chi connectivity index (χ4n) is 3.71. The molecule has 2 heterocycles. The molecular formula is C15H20BrClN2. The van der Waals surface area contributed by atoms with Gasteiger partial charge in [-0.1, -0.05) is 18.5 Å². The minimum atomic E-state index is 0.664. The van der Waals surface area contributed by atoms with Crippen LogP contribution in [-0.2, 0) is 0 Å². The van der Waals surface area contributed by atoms with Gasteiger partial charge in [0.2, 0.25) is 0 Å².